The second kappa shape index (κ2) is 3.90. The van der Waals surface area contributed by atoms with Crippen LogP contribution in [-0.2, 0) is 0 Å². The molecule has 2 heteroatoms. The average molecular weight is 163 g/mol. The molecular weight excluding hydrogens is 150 g/mol. The summed E-state index contributed by atoms with van der Waals surface area (Å²) in [5.41, 5.74) is 1.07. The first kappa shape index (κ1) is 8.78. The van der Waals surface area contributed by atoms with Gasteiger partial charge >= 0.3 is 0 Å². The summed E-state index contributed by atoms with van der Waals surface area (Å²) in [6.45, 7) is 4.24. The van der Waals surface area contributed by atoms with E-state index in [1.165, 1.54) is 12.4 Å². The molecule has 1 rings (SSSR count). The lowest BCUT2D eigenvalue weighted by atomic mass is 10.1. The van der Waals surface area contributed by atoms with E-state index >= 15 is 0 Å². The van der Waals surface area contributed by atoms with E-state index in [1.807, 2.05) is 6.08 Å². The van der Waals surface area contributed by atoms with Crippen LogP contribution < -0.4 is 4.73 Å². The molecule has 0 radical (unpaired) electrons. The van der Waals surface area contributed by atoms with Gasteiger partial charge in [-0.05, 0) is 11.5 Å². The second-order valence-electron chi connectivity index (χ2n) is 3.09. The van der Waals surface area contributed by atoms with Crippen LogP contribution in [0.2, 0.25) is 0 Å². The topological polar surface area (TPSA) is 26.9 Å². The van der Waals surface area contributed by atoms with Gasteiger partial charge in [-0.25, -0.2) is 0 Å². The van der Waals surface area contributed by atoms with E-state index < -0.39 is 0 Å². The molecule has 0 spiro atoms. The molecule has 0 saturated carbocycles. The lowest BCUT2D eigenvalue weighted by Gasteiger charge is -1.96. The Morgan fingerprint density at radius 1 is 1.33 bits per heavy atom. The third-order valence-electron chi connectivity index (χ3n) is 1.50. The highest BCUT2D eigenvalue weighted by atomic mass is 16.5. The van der Waals surface area contributed by atoms with Crippen LogP contribution in [-0.4, -0.2) is 0 Å². The van der Waals surface area contributed by atoms with Crippen LogP contribution in [0.3, 0.4) is 0 Å². The van der Waals surface area contributed by atoms with Gasteiger partial charge in [-0.15, -0.1) is 0 Å². The van der Waals surface area contributed by atoms with Crippen LogP contribution in [0.25, 0.3) is 6.08 Å². The highest BCUT2D eigenvalue weighted by Gasteiger charge is 1.90. The summed E-state index contributed by atoms with van der Waals surface area (Å²) < 4.78 is 0.784. The average Bonchev–Trinajstić information content (AvgIpc) is 2.03. The van der Waals surface area contributed by atoms with Gasteiger partial charge in [0.15, 0.2) is 12.4 Å². The largest absolute Gasteiger partial charge is 0.619 e. The Hall–Kier alpha value is -1.31. The first-order chi connectivity index (χ1) is 5.68. The predicted octanol–water partition coefficient (Wildman–Crippen LogP) is 1.99. The van der Waals surface area contributed by atoms with Crippen molar-refractivity contribution in [3.05, 3.63) is 41.4 Å². The fourth-order valence-corrected chi connectivity index (χ4v) is 0.839. The minimum absolute atomic E-state index is 0.546. The molecule has 12 heavy (non-hydrogen) atoms. The predicted molar refractivity (Wildman–Crippen MR) is 49.3 cm³/mol. The molecule has 0 amide bonds. The van der Waals surface area contributed by atoms with Crippen molar-refractivity contribution in [2.45, 2.75) is 13.8 Å². The molecule has 0 saturated heterocycles. The third kappa shape index (κ3) is 2.74. The number of allylic oxidation sites excluding steroid dienone is 1. The first-order valence-electron chi connectivity index (χ1n) is 4.05. The summed E-state index contributed by atoms with van der Waals surface area (Å²) in [6, 6.07) is 3.60. The molecule has 0 bridgehead atoms. The molecular formula is C10H13NO. The summed E-state index contributed by atoms with van der Waals surface area (Å²) in [5, 5.41) is 10.7. The van der Waals surface area contributed by atoms with E-state index in [9.17, 15) is 5.21 Å². The van der Waals surface area contributed by atoms with Gasteiger partial charge in [0, 0.05) is 12.1 Å². The number of aromatic nitrogens is 1. The maximum atomic E-state index is 10.7. The van der Waals surface area contributed by atoms with Crippen molar-refractivity contribution in [3.8, 4) is 0 Å². The standard InChI is InChI=1S/C10H13NO/c1-9(2)3-4-10-5-7-11(12)8-6-10/h3-9H,1-2H3/b4-3+. The van der Waals surface area contributed by atoms with Gasteiger partial charge in [0.05, 0.1) is 0 Å². The fourth-order valence-electron chi connectivity index (χ4n) is 0.839. The van der Waals surface area contributed by atoms with Crippen LogP contribution in [0, 0.1) is 11.1 Å². The van der Waals surface area contributed by atoms with Crippen molar-refractivity contribution in [2.75, 3.05) is 0 Å². The molecule has 2 nitrogen and oxygen atoms in total. The first-order valence-corrected chi connectivity index (χ1v) is 4.05. The maximum Gasteiger partial charge on any atom is 0.180 e. The Morgan fingerprint density at radius 3 is 2.42 bits per heavy atom. The molecule has 0 atom stereocenters. The van der Waals surface area contributed by atoms with Crippen molar-refractivity contribution in [2.24, 2.45) is 5.92 Å². The Labute approximate surface area is 72.7 Å². The van der Waals surface area contributed by atoms with E-state index in [1.54, 1.807) is 12.1 Å². The summed E-state index contributed by atoms with van der Waals surface area (Å²) in [7, 11) is 0. The fraction of sp³-hybridized carbons (Fsp3) is 0.300. The van der Waals surface area contributed by atoms with Crippen LogP contribution in [0.15, 0.2) is 30.6 Å². The molecule has 0 aliphatic carbocycles. The zero-order valence-electron chi connectivity index (χ0n) is 7.40. The molecule has 1 heterocycles. The SMILES string of the molecule is CC(C)/C=C/c1cc[n+]([O-])cc1. The molecule has 64 valence electrons. The van der Waals surface area contributed by atoms with Crippen molar-refractivity contribution in [3.63, 3.8) is 0 Å². The Morgan fingerprint density at radius 2 is 1.92 bits per heavy atom. The minimum Gasteiger partial charge on any atom is -0.619 e. The summed E-state index contributed by atoms with van der Waals surface area (Å²) >= 11 is 0. The lowest BCUT2D eigenvalue weighted by Crippen LogP contribution is -2.23. The number of hydrogen-bond acceptors (Lipinski definition) is 1. The molecule has 0 unspecified atom stereocenters. The van der Waals surface area contributed by atoms with Gasteiger partial charge in [-0.1, -0.05) is 26.0 Å². The van der Waals surface area contributed by atoms with Crippen LogP contribution in [0.1, 0.15) is 19.4 Å². The van der Waals surface area contributed by atoms with E-state index in [0.717, 1.165) is 10.3 Å². The van der Waals surface area contributed by atoms with Gasteiger partial charge in [0.2, 0.25) is 0 Å². The minimum atomic E-state index is 0.546. The second-order valence-corrected chi connectivity index (χ2v) is 3.09. The van der Waals surface area contributed by atoms with Gasteiger partial charge in [0.1, 0.15) is 0 Å². The molecule has 1 aromatic heterocycles. The molecule has 0 aromatic carbocycles. The van der Waals surface area contributed by atoms with Gasteiger partial charge < -0.3 is 5.21 Å². The van der Waals surface area contributed by atoms with Gasteiger partial charge in [0.25, 0.3) is 0 Å². The van der Waals surface area contributed by atoms with Crippen molar-refractivity contribution in [1.29, 1.82) is 0 Å². The van der Waals surface area contributed by atoms with E-state index in [2.05, 4.69) is 19.9 Å². The van der Waals surface area contributed by atoms with Crippen LogP contribution in [0.4, 0.5) is 0 Å². The normalized spacial score (nSPS) is 11.2. The molecule has 0 aliphatic rings. The zero-order chi connectivity index (χ0) is 8.97. The molecule has 0 fully saturated rings. The maximum absolute atomic E-state index is 10.7. The molecule has 1 aromatic rings. The lowest BCUT2D eigenvalue weighted by molar-refractivity contribution is -0.605. The van der Waals surface area contributed by atoms with E-state index in [0.29, 0.717) is 5.92 Å². The summed E-state index contributed by atoms with van der Waals surface area (Å²) in [4.78, 5) is 0. The monoisotopic (exact) mass is 163 g/mol. The van der Waals surface area contributed by atoms with Crippen molar-refractivity contribution >= 4 is 6.08 Å². The quantitative estimate of drug-likeness (QED) is 0.484. The number of hydrogen-bond donors (Lipinski definition) is 0. The zero-order valence-corrected chi connectivity index (χ0v) is 7.40. The smallest absolute Gasteiger partial charge is 0.180 e. The van der Waals surface area contributed by atoms with E-state index in [-0.39, 0.29) is 0 Å². The highest BCUT2D eigenvalue weighted by molar-refractivity contribution is 5.47. The third-order valence-corrected chi connectivity index (χ3v) is 1.50. The number of pyridine rings is 1. The van der Waals surface area contributed by atoms with Gasteiger partial charge in [-0.2, -0.15) is 4.73 Å². The Bertz CT molecular complexity index is 262. The molecule has 0 N–H and O–H groups in total. The number of rotatable bonds is 2. The highest BCUT2D eigenvalue weighted by Crippen LogP contribution is 2.02. The van der Waals surface area contributed by atoms with Crippen LogP contribution in [0.5, 0.6) is 0 Å². The van der Waals surface area contributed by atoms with Crippen LogP contribution >= 0.6 is 0 Å². The van der Waals surface area contributed by atoms with Crippen molar-refractivity contribution < 1.29 is 4.73 Å². The Balaban J connectivity index is 2.71. The van der Waals surface area contributed by atoms with Crippen molar-refractivity contribution in [1.82, 2.24) is 0 Å². The van der Waals surface area contributed by atoms with E-state index in [4.69, 9.17) is 0 Å². The Kier molecular flexibility index (Phi) is 2.86. The van der Waals surface area contributed by atoms with Gasteiger partial charge in [-0.3, -0.25) is 0 Å². The molecule has 0 aliphatic heterocycles. The summed E-state index contributed by atoms with van der Waals surface area (Å²) in [6.07, 6.45) is 7.12. The number of nitrogens with zero attached hydrogens (tertiary/aromatic N) is 1. The summed E-state index contributed by atoms with van der Waals surface area (Å²) in [5.74, 6) is 0.546.